The number of carbonyl (C=O) groups is 1. The minimum Gasteiger partial charge on any atom is -0.481 e. The van der Waals surface area contributed by atoms with Gasteiger partial charge in [0, 0.05) is 6.42 Å². The minimum absolute atomic E-state index is 0.287. The molecule has 2 aliphatic carbocycles. The Morgan fingerprint density at radius 3 is 2.73 bits per heavy atom. The molecule has 2 aliphatic rings. The number of aliphatic carboxylic acids is 1. The third kappa shape index (κ3) is 3.12. The summed E-state index contributed by atoms with van der Waals surface area (Å²) in [5.74, 6) is 1.13. The molecule has 0 aliphatic heterocycles. The smallest absolute Gasteiger partial charge is 0.303 e. The molecular weight excluding hydrogens is 272 g/mol. The molecule has 0 bridgehead atoms. The maximum Gasteiger partial charge on any atom is 0.303 e. The number of allylic oxidation sites excluding steroid dienone is 2. The molecule has 0 unspecified atom stereocenters. The van der Waals surface area contributed by atoms with Crippen molar-refractivity contribution in [1.29, 1.82) is 0 Å². The van der Waals surface area contributed by atoms with E-state index in [1.807, 2.05) is 0 Å². The second-order valence-corrected chi connectivity index (χ2v) is 8.62. The zero-order chi connectivity index (χ0) is 16.5. The van der Waals surface area contributed by atoms with Crippen molar-refractivity contribution in [2.45, 2.75) is 79.6 Å². The lowest BCUT2D eigenvalue weighted by molar-refractivity contribution is -0.138. The number of carboxylic acids is 1. The Balaban J connectivity index is 2.15. The Labute approximate surface area is 136 Å². The Kier molecular flexibility index (Phi) is 5.09. The lowest BCUT2D eigenvalue weighted by atomic mass is 9.47. The molecule has 126 valence electrons. The summed E-state index contributed by atoms with van der Waals surface area (Å²) in [4.78, 5) is 10.9. The Bertz CT molecular complexity index is 453. The largest absolute Gasteiger partial charge is 0.481 e. The molecule has 22 heavy (non-hydrogen) atoms. The van der Waals surface area contributed by atoms with Gasteiger partial charge in [0.15, 0.2) is 0 Å². The average molecular weight is 306 g/mol. The zero-order valence-electron chi connectivity index (χ0n) is 15.1. The van der Waals surface area contributed by atoms with Gasteiger partial charge in [0.2, 0.25) is 0 Å². The highest BCUT2D eigenvalue weighted by molar-refractivity contribution is 5.66. The van der Waals surface area contributed by atoms with Gasteiger partial charge in [-0.3, -0.25) is 4.79 Å². The van der Waals surface area contributed by atoms with Gasteiger partial charge in [-0.15, -0.1) is 0 Å². The highest BCUT2D eigenvalue weighted by atomic mass is 16.4. The second-order valence-electron chi connectivity index (χ2n) is 8.62. The molecule has 5 atom stereocenters. The molecule has 0 amide bonds. The molecule has 0 aromatic rings. The van der Waals surface area contributed by atoms with E-state index in [1.165, 1.54) is 32.1 Å². The average Bonchev–Trinajstić information content (AvgIpc) is 2.43. The van der Waals surface area contributed by atoms with E-state index in [1.54, 1.807) is 5.57 Å². The predicted molar refractivity (Wildman–Crippen MR) is 91.7 cm³/mol. The molecule has 2 heteroatoms. The Morgan fingerprint density at radius 1 is 1.41 bits per heavy atom. The maximum atomic E-state index is 10.9. The first-order chi connectivity index (χ1) is 10.2. The lowest BCUT2D eigenvalue weighted by Gasteiger charge is -2.58. The fourth-order valence-corrected chi connectivity index (χ4v) is 5.29. The van der Waals surface area contributed by atoms with Gasteiger partial charge < -0.3 is 5.11 Å². The van der Waals surface area contributed by atoms with E-state index in [9.17, 15) is 4.79 Å². The van der Waals surface area contributed by atoms with Crippen molar-refractivity contribution in [1.82, 2.24) is 0 Å². The Hall–Kier alpha value is -0.790. The van der Waals surface area contributed by atoms with E-state index in [-0.39, 0.29) is 5.92 Å². The molecule has 1 fully saturated rings. The summed E-state index contributed by atoms with van der Waals surface area (Å²) in [6.45, 7) is 11.8. The van der Waals surface area contributed by atoms with Crippen LogP contribution in [-0.2, 0) is 4.79 Å². The summed E-state index contributed by atoms with van der Waals surface area (Å²) in [5, 5.41) is 8.99. The minimum atomic E-state index is -0.657. The van der Waals surface area contributed by atoms with E-state index < -0.39 is 5.97 Å². The van der Waals surface area contributed by atoms with E-state index in [4.69, 9.17) is 5.11 Å². The van der Waals surface area contributed by atoms with Crippen LogP contribution in [0.25, 0.3) is 0 Å². The maximum absolute atomic E-state index is 10.9. The topological polar surface area (TPSA) is 37.3 Å². The van der Waals surface area contributed by atoms with E-state index in [0.29, 0.717) is 17.3 Å². The molecule has 1 N–H and O–H groups in total. The van der Waals surface area contributed by atoms with Crippen molar-refractivity contribution in [3.05, 3.63) is 11.6 Å². The number of hydrogen-bond donors (Lipinski definition) is 1. The molecule has 0 spiro atoms. The van der Waals surface area contributed by atoms with Crippen molar-refractivity contribution in [3.8, 4) is 0 Å². The van der Waals surface area contributed by atoms with Crippen molar-refractivity contribution >= 4 is 5.97 Å². The normalized spacial score (nSPS) is 39.8. The first kappa shape index (κ1) is 17.6. The molecular formula is C20H34O2. The number of fused-ring (bicyclic) bond motifs is 1. The van der Waals surface area contributed by atoms with Crippen LogP contribution in [0.15, 0.2) is 11.6 Å². The van der Waals surface area contributed by atoms with Crippen molar-refractivity contribution in [2.75, 3.05) is 0 Å². The van der Waals surface area contributed by atoms with Crippen LogP contribution in [0.2, 0.25) is 0 Å². The molecule has 0 heterocycles. The van der Waals surface area contributed by atoms with Gasteiger partial charge >= 0.3 is 5.97 Å². The van der Waals surface area contributed by atoms with Crippen LogP contribution in [0.5, 0.6) is 0 Å². The second kappa shape index (κ2) is 6.37. The van der Waals surface area contributed by atoms with Crippen LogP contribution in [0.1, 0.15) is 79.6 Å². The predicted octanol–water partition coefficient (Wildman–Crippen LogP) is 5.68. The summed E-state index contributed by atoms with van der Waals surface area (Å²) in [7, 11) is 0. The van der Waals surface area contributed by atoms with Gasteiger partial charge in [-0.25, -0.2) is 0 Å². The molecule has 0 aromatic carbocycles. The summed E-state index contributed by atoms with van der Waals surface area (Å²) in [5.41, 5.74) is 2.32. The van der Waals surface area contributed by atoms with Crippen molar-refractivity contribution < 1.29 is 9.90 Å². The van der Waals surface area contributed by atoms with Gasteiger partial charge in [0.05, 0.1) is 0 Å². The standard InChI is InChI=1S/C20H34O2/c1-14(13-18(21)22)9-11-19(4)16(3)10-12-20(5)15(2)7-6-8-17(19)20/h7,14,16-17H,6,8-13H2,1-5H3,(H,21,22)/t14-,16+,17+,19-,20+/m0/s1. The molecule has 0 saturated heterocycles. The summed E-state index contributed by atoms with van der Waals surface area (Å²) >= 11 is 0. The van der Waals surface area contributed by atoms with Gasteiger partial charge in [-0.2, -0.15) is 0 Å². The first-order valence-electron chi connectivity index (χ1n) is 9.09. The number of rotatable bonds is 5. The van der Waals surface area contributed by atoms with Gasteiger partial charge in [0.1, 0.15) is 0 Å². The molecule has 2 rings (SSSR count). The van der Waals surface area contributed by atoms with E-state index in [0.717, 1.165) is 18.3 Å². The van der Waals surface area contributed by atoms with Crippen LogP contribution in [0.4, 0.5) is 0 Å². The molecule has 1 saturated carbocycles. The van der Waals surface area contributed by atoms with Crippen molar-refractivity contribution in [2.24, 2.45) is 28.6 Å². The van der Waals surface area contributed by atoms with Gasteiger partial charge in [0.25, 0.3) is 0 Å². The van der Waals surface area contributed by atoms with Crippen LogP contribution >= 0.6 is 0 Å². The number of hydrogen-bond acceptors (Lipinski definition) is 1. The molecule has 2 nitrogen and oxygen atoms in total. The molecule has 0 radical (unpaired) electrons. The summed E-state index contributed by atoms with van der Waals surface area (Å²) in [6, 6.07) is 0. The highest BCUT2D eigenvalue weighted by Gasteiger charge is 2.52. The molecule has 0 aromatic heterocycles. The monoisotopic (exact) mass is 306 g/mol. The van der Waals surface area contributed by atoms with Crippen molar-refractivity contribution in [3.63, 3.8) is 0 Å². The fraction of sp³-hybridized carbons (Fsp3) is 0.850. The van der Waals surface area contributed by atoms with E-state index >= 15 is 0 Å². The Morgan fingerprint density at radius 2 is 2.09 bits per heavy atom. The van der Waals surface area contributed by atoms with Gasteiger partial charge in [-0.1, -0.05) is 39.3 Å². The third-order valence-electron chi connectivity index (χ3n) is 7.29. The van der Waals surface area contributed by atoms with Crippen LogP contribution < -0.4 is 0 Å². The third-order valence-corrected chi connectivity index (χ3v) is 7.29. The first-order valence-corrected chi connectivity index (χ1v) is 9.09. The zero-order valence-corrected chi connectivity index (χ0v) is 15.1. The van der Waals surface area contributed by atoms with E-state index in [2.05, 4.69) is 40.7 Å². The quantitative estimate of drug-likeness (QED) is 0.664. The lowest BCUT2D eigenvalue weighted by Crippen LogP contribution is -2.49. The van der Waals surface area contributed by atoms with Crippen LogP contribution in [-0.4, -0.2) is 11.1 Å². The van der Waals surface area contributed by atoms with Crippen LogP contribution in [0.3, 0.4) is 0 Å². The number of carboxylic acid groups (broad SMARTS) is 1. The fourth-order valence-electron chi connectivity index (χ4n) is 5.29. The van der Waals surface area contributed by atoms with Crippen LogP contribution in [0, 0.1) is 28.6 Å². The summed E-state index contributed by atoms with van der Waals surface area (Å²) < 4.78 is 0. The summed E-state index contributed by atoms with van der Waals surface area (Å²) in [6.07, 6.45) is 10.1. The SMILES string of the molecule is CC1=CCC[C@@H]2[C@@](C)(CC[C@H](C)CC(=O)O)[C@H](C)CC[C@]12C. The van der Waals surface area contributed by atoms with Gasteiger partial charge in [-0.05, 0) is 74.0 Å². The highest BCUT2D eigenvalue weighted by Crippen LogP contribution is 2.61.